The lowest BCUT2D eigenvalue weighted by Gasteiger charge is -2.09. The summed E-state index contributed by atoms with van der Waals surface area (Å²) in [5.74, 6) is 0.213. The summed E-state index contributed by atoms with van der Waals surface area (Å²) >= 11 is 0. The predicted octanol–water partition coefficient (Wildman–Crippen LogP) is 2.69. The summed E-state index contributed by atoms with van der Waals surface area (Å²) in [4.78, 5) is 0. The average Bonchev–Trinajstić information content (AvgIpc) is 2.12. The molecule has 0 amide bonds. The molecular weight excluding hydrogens is 148 g/mol. The molecule has 0 aliphatic carbocycles. The van der Waals surface area contributed by atoms with Gasteiger partial charge in [0, 0.05) is 12.5 Å². The second kappa shape index (κ2) is 5.78. The molecule has 0 aromatic heterocycles. The smallest absolute Gasteiger partial charge is 0.0496 e. The largest absolute Gasteiger partial charge is 0.396 e. The van der Waals surface area contributed by atoms with Crippen molar-refractivity contribution in [3.63, 3.8) is 0 Å². The van der Waals surface area contributed by atoms with E-state index in [1.165, 1.54) is 0 Å². The van der Waals surface area contributed by atoms with Crippen molar-refractivity contribution in [2.75, 3.05) is 6.61 Å². The summed E-state index contributed by atoms with van der Waals surface area (Å²) in [6.07, 6.45) is 5.88. The van der Waals surface area contributed by atoms with Crippen LogP contribution < -0.4 is 0 Å². The number of allylic oxidation sites excluding steroid dienone is 4. The maximum absolute atomic E-state index is 8.93. The van der Waals surface area contributed by atoms with Gasteiger partial charge in [-0.3, -0.25) is 0 Å². The lowest BCUT2D eigenvalue weighted by molar-refractivity contribution is 0.258. The first-order chi connectivity index (χ1) is 5.65. The van der Waals surface area contributed by atoms with E-state index in [-0.39, 0.29) is 12.5 Å². The monoisotopic (exact) mass is 166 g/mol. The standard InChI is InChI=1S/C11H18O/c1-5-9(3)7-11(6-2)10(4)8-12/h5-7,10,12H,1,8H2,2-4H3/b9-7-,11-6+. The van der Waals surface area contributed by atoms with E-state index in [0.29, 0.717) is 0 Å². The van der Waals surface area contributed by atoms with E-state index in [0.717, 1.165) is 11.1 Å². The first-order valence-electron chi connectivity index (χ1n) is 4.23. The second-order valence-electron chi connectivity index (χ2n) is 2.96. The van der Waals surface area contributed by atoms with Gasteiger partial charge in [-0.2, -0.15) is 0 Å². The fourth-order valence-corrected chi connectivity index (χ4v) is 0.937. The fourth-order valence-electron chi connectivity index (χ4n) is 0.937. The topological polar surface area (TPSA) is 20.2 Å². The number of hydrogen-bond donors (Lipinski definition) is 1. The predicted molar refractivity (Wildman–Crippen MR) is 54.0 cm³/mol. The Morgan fingerprint density at radius 3 is 2.50 bits per heavy atom. The molecule has 0 heterocycles. The third-order valence-corrected chi connectivity index (χ3v) is 1.89. The molecule has 1 unspecified atom stereocenters. The summed E-state index contributed by atoms with van der Waals surface area (Å²) < 4.78 is 0. The Morgan fingerprint density at radius 2 is 2.17 bits per heavy atom. The minimum Gasteiger partial charge on any atom is -0.396 e. The minimum absolute atomic E-state index is 0.195. The SMILES string of the molecule is C=C/C(C)=C\C(=C/C)C(C)CO. The van der Waals surface area contributed by atoms with Crippen LogP contribution in [0.15, 0.2) is 36.0 Å². The van der Waals surface area contributed by atoms with Gasteiger partial charge in [-0.1, -0.05) is 37.3 Å². The number of aliphatic hydroxyl groups is 1. The van der Waals surface area contributed by atoms with Crippen LogP contribution in [0.3, 0.4) is 0 Å². The van der Waals surface area contributed by atoms with Crippen molar-refractivity contribution < 1.29 is 5.11 Å². The van der Waals surface area contributed by atoms with Gasteiger partial charge in [0.1, 0.15) is 0 Å². The van der Waals surface area contributed by atoms with E-state index in [1.807, 2.05) is 39.0 Å². The van der Waals surface area contributed by atoms with Crippen LogP contribution in [0, 0.1) is 5.92 Å². The molecule has 0 bridgehead atoms. The lowest BCUT2D eigenvalue weighted by atomic mass is 9.99. The molecule has 0 spiro atoms. The van der Waals surface area contributed by atoms with E-state index in [4.69, 9.17) is 5.11 Å². The molecule has 1 nitrogen and oxygen atoms in total. The minimum atomic E-state index is 0.195. The number of aliphatic hydroxyl groups excluding tert-OH is 1. The first-order valence-corrected chi connectivity index (χ1v) is 4.23. The van der Waals surface area contributed by atoms with Crippen molar-refractivity contribution in [1.82, 2.24) is 0 Å². The molecule has 0 rings (SSSR count). The zero-order chi connectivity index (χ0) is 9.56. The summed E-state index contributed by atoms with van der Waals surface area (Å²) in [7, 11) is 0. The third kappa shape index (κ3) is 3.54. The third-order valence-electron chi connectivity index (χ3n) is 1.89. The molecule has 1 N–H and O–H groups in total. The van der Waals surface area contributed by atoms with Crippen molar-refractivity contribution >= 4 is 0 Å². The summed E-state index contributed by atoms with van der Waals surface area (Å²) in [5.41, 5.74) is 2.29. The maximum atomic E-state index is 8.93. The summed E-state index contributed by atoms with van der Waals surface area (Å²) in [5, 5.41) is 8.93. The van der Waals surface area contributed by atoms with E-state index < -0.39 is 0 Å². The molecule has 0 fully saturated rings. The van der Waals surface area contributed by atoms with Crippen molar-refractivity contribution in [3.8, 4) is 0 Å². The Hall–Kier alpha value is -0.820. The fraction of sp³-hybridized carbons (Fsp3) is 0.455. The van der Waals surface area contributed by atoms with Crippen LogP contribution >= 0.6 is 0 Å². The van der Waals surface area contributed by atoms with Crippen LogP contribution in [0.4, 0.5) is 0 Å². The zero-order valence-corrected chi connectivity index (χ0v) is 8.17. The normalized spacial score (nSPS) is 16.0. The Morgan fingerprint density at radius 1 is 1.58 bits per heavy atom. The number of rotatable bonds is 4. The Labute approximate surface area is 75.1 Å². The van der Waals surface area contributed by atoms with Crippen LogP contribution in [0.5, 0.6) is 0 Å². The Bertz CT molecular complexity index is 199. The van der Waals surface area contributed by atoms with Gasteiger partial charge >= 0.3 is 0 Å². The Balaban J connectivity index is 4.49. The van der Waals surface area contributed by atoms with Gasteiger partial charge in [-0.25, -0.2) is 0 Å². The van der Waals surface area contributed by atoms with Crippen LogP contribution in [-0.2, 0) is 0 Å². The van der Waals surface area contributed by atoms with Crippen molar-refractivity contribution in [2.24, 2.45) is 5.92 Å². The summed E-state index contributed by atoms with van der Waals surface area (Å²) in [6.45, 7) is 9.85. The molecule has 1 heteroatoms. The van der Waals surface area contributed by atoms with Gasteiger partial charge in [-0.15, -0.1) is 0 Å². The highest BCUT2D eigenvalue weighted by Gasteiger charge is 2.02. The van der Waals surface area contributed by atoms with Crippen molar-refractivity contribution in [3.05, 3.63) is 36.0 Å². The Kier molecular flexibility index (Phi) is 5.39. The average molecular weight is 166 g/mol. The van der Waals surface area contributed by atoms with Crippen LogP contribution in [0.2, 0.25) is 0 Å². The van der Waals surface area contributed by atoms with Gasteiger partial charge in [0.15, 0.2) is 0 Å². The molecule has 0 aliphatic rings. The lowest BCUT2D eigenvalue weighted by Crippen LogP contribution is -2.02. The maximum Gasteiger partial charge on any atom is 0.0496 e. The highest BCUT2D eigenvalue weighted by atomic mass is 16.3. The molecule has 0 radical (unpaired) electrons. The van der Waals surface area contributed by atoms with Crippen molar-refractivity contribution in [2.45, 2.75) is 20.8 Å². The highest BCUT2D eigenvalue weighted by molar-refractivity contribution is 5.28. The molecule has 68 valence electrons. The molecule has 1 atom stereocenters. The van der Waals surface area contributed by atoms with Crippen LogP contribution in [0.1, 0.15) is 20.8 Å². The molecule has 0 aromatic rings. The quantitative estimate of drug-likeness (QED) is 0.637. The van der Waals surface area contributed by atoms with Crippen molar-refractivity contribution in [1.29, 1.82) is 0 Å². The highest BCUT2D eigenvalue weighted by Crippen LogP contribution is 2.13. The second-order valence-corrected chi connectivity index (χ2v) is 2.96. The first kappa shape index (κ1) is 11.2. The molecule has 12 heavy (non-hydrogen) atoms. The van der Waals surface area contributed by atoms with E-state index in [1.54, 1.807) is 0 Å². The molecule has 0 saturated heterocycles. The molecule has 0 saturated carbocycles. The van der Waals surface area contributed by atoms with Crippen LogP contribution in [-0.4, -0.2) is 11.7 Å². The van der Waals surface area contributed by atoms with Gasteiger partial charge in [0.2, 0.25) is 0 Å². The summed E-state index contributed by atoms with van der Waals surface area (Å²) in [6, 6.07) is 0. The van der Waals surface area contributed by atoms with Gasteiger partial charge in [-0.05, 0) is 19.4 Å². The molecule has 0 aromatic carbocycles. The molecule has 0 aliphatic heterocycles. The van der Waals surface area contributed by atoms with E-state index >= 15 is 0 Å². The van der Waals surface area contributed by atoms with E-state index in [9.17, 15) is 0 Å². The van der Waals surface area contributed by atoms with E-state index in [2.05, 4.69) is 6.58 Å². The van der Waals surface area contributed by atoms with Gasteiger partial charge in [0.05, 0.1) is 0 Å². The van der Waals surface area contributed by atoms with Crippen LogP contribution in [0.25, 0.3) is 0 Å². The van der Waals surface area contributed by atoms with Gasteiger partial charge in [0.25, 0.3) is 0 Å². The van der Waals surface area contributed by atoms with Gasteiger partial charge < -0.3 is 5.11 Å². The molecular formula is C11H18O. The number of hydrogen-bond acceptors (Lipinski definition) is 1. The zero-order valence-electron chi connectivity index (χ0n) is 8.17.